The van der Waals surface area contributed by atoms with Gasteiger partial charge < -0.3 is 10.1 Å². The Morgan fingerprint density at radius 1 is 1.44 bits per heavy atom. The number of ether oxygens (including phenoxy) is 1. The predicted molar refractivity (Wildman–Crippen MR) is 68.8 cm³/mol. The minimum absolute atomic E-state index is 0.703. The Morgan fingerprint density at radius 3 is 3.06 bits per heavy atom. The predicted octanol–water partition coefficient (Wildman–Crippen LogP) is 1.28. The van der Waals surface area contributed by atoms with E-state index in [1.165, 1.54) is 12.8 Å². The maximum absolute atomic E-state index is 5.30. The first-order valence-corrected chi connectivity index (χ1v) is 6.46. The van der Waals surface area contributed by atoms with Gasteiger partial charge in [0.25, 0.3) is 0 Å². The highest BCUT2D eigenvalue weighted by Gasteiger charge is 2.16. The third-order valence-electron chi connectivity index (χ3n) is 3.52. The van der Waals surface area contributed by atoms with Crippen molar-refractivity contribution in [1.82, 2.24) is 19.9 Å². The summed E-state index contributed by atoms with van der Waals surface area (Å²) in [6, 6.07) is 3.84. The number of methoxy groups -OCH3 is 1. The Kier molecular flexibility index (Phi) is 3.15. The second kappa shape index (κ2) is 4.94. The molecule has 1 fully saturated rings. The van der Waals surface area contributed by atoms with Crippen molar-refractivity contribution in [2.24, 2.45) is 5.92 Å². The summed E-state index contributed by atoms with van der Waals surface area (Å²) in [6.45, 7) is 2.22. The average molecular weight is 246 g/mol. The Morgan fingerprint density at radius 2 is 2.28 bits per heavy atom. The van der Waals surface area contributed by atoms with Crippen molar-refractivity contribution in [2.75, 3.05) is 20.2 Å². The van der Waals surface area contributed by atoms with Crippen LogP contribution in [-0.4, -0.2) is 34.8 Å². The first-order valence-electron chi connectivity index (χ1n) is 6.46. The highest BCUT2D eigenvalue weighted by atomic mass is 16.5. The van der Waals surface area contributed by atoms with E-state index in [9.17, 15) is 0 Å². The third kappa shape index (κ3) is 2.18. The van der Waals surface area contributed by atoms with Gasteiger partial charge in [-0.1, -0.05) is 0 Å². The molecule has 0 spiro atoms. The lowest BCUT2D eigenvalue weighted by atomic mass is 9.94. The fraction of sp³-hybridized carbons (Fsp3) is 0.538. The van der Waals surface area contributed by atoms with E-state index in [0.29, 0.717) is 5.92 Å². The highest BCUT2D eigenvalue weighted by Crippen LogP contribution is 2.20. The number of hydrogen-bond donors (Lipinski definition) is 1. The second-order valence-corrected chi connectivity index (χ2v) is 4.77. The molecule has 5 nitrogen and oxygen atoms in total. The molecule has 2 aromatic heterocycles. The number of hydrogen-bond acceptors (Lipinski definition) is 4. The molecule has 1 saturated heterocycles. The van der Waals surface area contributed by atoms with Crippen LogP contribution in [0.3, 0.4) is 0 Å². The first-order chi connectivity index (χ1) is 8.86. The summed E-state index contributed by atoms with van der Waals surface area (Å²) in [5.41, 5.74) is 0.809. The molecule has 0 radical (unpaired) electrons. The van der Waals surface area contributed by atoms with Crippen molar-refractivity contribution in [1.29, 1.82) is 0 Å². The van der Waals surface area contributed by atoms with Crippen LogP contribution in [0.15, 0.2) is 18.3 Å². The van der Waals surface area contributed by atoms with E-state index < -0.39 is 0 Å². The maximum atomic E-state index is 5.30. The first kappa shape index (κ1) is 11.5. The van der Waals surface area contributed by atoms with Crippen LogP contribution in [0.25, 0.3) is 5.65 Å². The second-order valence-electron chi connectivity index (χ2n) is 4.77. The third-order valence-corrected chi connectivity index (χ3v) is 3.52. The summed E-state index contributed by atoms with van der Waals surface area (Å²) in [6.07, 6.45) is 5.31. The lowest BCUT2D eigenvalue weighted by Crippen LogP contribution is -2.28. The number of rotatable bonds is 3. The van der Waals surface area contributed by atoms with Crippen molar-refractivity contribution < 1.29 is 4.74 Å². The standard InChI is InChI=1S/C13H18N4O/c1-18-11-3-2-8-17-13(11)15-12(16-17)9-10-4-6-14-7-5-10/h2-3,8,10,14H,4-7,9H2,1H3. The van der Waals surface area contributed by atoms with Gasteiger partial charge in [-0.25, -0.2) is 9.50 Å². The molecule has 5 heteroatoms. The molecule has 0 aromatic carbocycles. The highest BCUT2D eigenvalue weighted by molar-refractivity contribution is 5.52. The van der Waals surface area contributed by atoms with E-state index in [2.05, 4.69) is 15.4 Å². The molecule has 18 heavy (non-hydrogen) atoms. The van der Waals surface area contributed by atoms with Crippen LogP contribution < -0.4 is 10.1 Å². The monoisotopic (exact) mass is 246 g/mol. The number of aromatic nitrogens is 3. The molecule has 96 valence electrons. The van der Waals surface area contributed by atoms with Gasteiger partial charge in [0.05, 0.1) is 7.11 Å². The zero-order valence-electron chi connectivity index (χ0n) is 10.6. The molecule has 1 N–H and O–H groups in total. The number of nitrogens with zero attached hydrogens (tertiary/aromatic N) is 3. The summed E-state index contributed by atoms with van der Waals surface area (Å²) in [4.78, 5) is 4.58. The molecule has 2 aromatic rings. The number of fused-ring (bicyclic) bond motifs is 1. The average Bonchev–Trinajstić information content (AvgIpc) is 2.82. The summed E-state index contributed by atoms with van der Waals surface area (Å²) in [5, 5.41) is 7.90. The minimum Gasteiger partial charge on any atom is -0.493 e. The topological polar surface area (TPSA) is 51.5 Å². The van der Waals surface area contributed by atoms with E-state index in [4.69, 9.17) is 4.74 Å². The van der Waals surface area contributed by atoms with Gasteiger partial charge in [-0.3, -0.25) is 0 Å². The Hall–Kier alpha value is -1.62. The molecule has 0 atom stereocenters. The molecular formula is C13H18N4O. The largest absolute Gasteiger partial charge is 0.493 e. The SMILES string of the molecule is COc1cccn2nc(CC3CCNCC3)nc12. The fourth-order valence-corrected chi connectivity index (χ4v) is 2.52. The van der Waals surface area contributed by atoms with Gasteiger partial charge in [0, 0.05) is 12.6 Å². The molecule has 0 saturated carbocycles. The van der Waals surface area contributed by atoms with Crippen LogP contribution in [-0.2, 0) is 6.42 Å². The Balaban J connectivity index is 1.84. The number of nitrogens with one attached hydrogen (secondary N) is 1. The van der Waals surface area contributed by atoms with Gasteiger partial charge in [-0.15, -0.1) is 0 Å². The summed E-state index contributed by atoms with van der Waals surface area (Å²) in [7, 11) is 1.66. The van der Waals surface area contributed by atoms with Crippen molar-refractivity contribution in [2.45, 2.75) is 19.3 Å². The van der Waals surface area contributed by atoms with E-state index in [1.807, 2.05) is 18.3 Å². The maximum Gasteiger partial charge on any atom is 0.198 e. The summed E-state index contributed by atoms with van der Waals surface area (Å²) in [5.74, 6) is 2.41. The molecule has 1 aliphatic heterocycles. The number of pyridine rings is 1. The van der Waals surface area contributed by atoms with Gasteiger partial charge >= 0.3 is 0 Å². The molecule has 0 amide bonds. The molecule has 1 aliphatic rings. The Bertz CT molecular complexity index is 531. The van der Waals surface area contributed by atoms with E-state index in [0.717, 1.165) is 36.7 Å². The van der Waals surface area contributed by atoms with Gasteiger partial charge in [0.2, 0.25) is 0 Å². The van der Waals surface area contributed by atoms with Crippen LogP contribution in [0.5, 0.6) is 5.75 Å². The van der Waals surface area contributed by atoms with Gasteiger partial charge in [0.1, 0.15) is 0 Å². The molecule has 0 aliphatic carbocycles. The van der Waals surface area contributed by atoms with E-state index >= 15 is 0 Å². The van der Waals surface area contributed by atoms with Gasteiger partial charge in [0.15, 0.2) is 17.2 Å². The van der Waals surface area contributed by atoms with Crippen molar-refractivity contribution in [3.8, 4) is 5.75 Å². The summed E-state index contributed by atoms with van der Waals surface area (Å²) < 4.78 is 7.10. The van der Waals surface area contributed by atoms with Gasteiger partial charge in [-0.05, 0) is 44.0 Å². The normalized spacial score (nSPS) is 17.2. The van der Waals surface area contributed by atoms with Crippen LogP contribution in [0.4, 0.5) is 0 Å². The Labute approximate surface area is 106 Å². The lowest BCUT2D eigenvalue weighted by Gasteiger charge is -2.20. The molecule has 3 rings (SSSR count). The van der Waals surface area contributed by atoms with E-state index in [1.54, 1.807) is 11.6 Å². The zero-order valence-corrected chi connectivity index (χ0v) is 10.6. The van der Waals surface area contributed by atoms with Crippen LogP contribution in [0, 0.1) is 5.92 Å². The van der Waals surface area contributed by atoms with Crippen molar-refractivity contribution in [3.63, 3.8) is 0 Å². The lowest BCUT2D eigenvalue weighted by molar-refractivity contribution is 0.367. The summed E-state index contributed by atoms with van der Waals surface area (Å²) >= 11 is 0. The quantitative estimate of drug-likeness (QED) is 0.886. The fourth-order valence-electron chi connectivity index (χ4n) is 2.52. The van der Waals surface area contributed by atoms with E-state index in [-0.39, 0.29) is 0 Å². The van der Waals surface area contributed by atoms with Crippen LogP contribution in [0.2, 0.25) is 0 Å². The molecule has 0 unspecified atom stereocenters. The zero-order chi connectivity index (χ0) is 12.4. The molecular weight excluding hydrogens is 228 g/mol. The minimum atomic E-state index is 0.703. The molecule has 0 bridgehead atoms. The number of piperidine rings is 1. The van der Waals surface area contributed by atoms with Crippen LogP contribution in [0.1, 0.15) is 18.7 Å². The van der Waals surface area contributed by atoms with Crippen LogP contribution >= 0.6 is 0 Å². The van der Waals surface area contributed by atoms with Crippen molar-refractivity contribution >= 4 is 5.65 Å². The van der Waals surface area contributed by atoms with Gasteiger partial charge in [-0.2, -0.15) is 5.10 Å². The molecule has 3 heterocycles. The smallest absolute Gasteiger partial charge is 0.198 e. The van der Waals surface area contributed by atoms with Crippen molar-refractivity contribution in [3.05, 3.63) is 24.2 Å².